The van der Waals surface area contributed by atoms with Crippen molar-refractivity contribution in [1.29, 1.82) is 0 Å². The number of nitrogens with two attached hydrogens (primary N) is 1. The van der Waals surface area contributed by atoms with Crippen LogP contribution in [0.3, 0.4) is 0 Å². The van der Waals surface area contributed by atoms with Gasteiger partial charge in [-0.15, -0.1) is 0 Å². The topological polar surface area (TPSA) is 116 Å². The Hall–Kier alpha value is -2.90. The Kier molecular flexibility index (Phi) is 4.17. The largest absolute Gasteiger partial charge is 0.399 e. The maximum Gasteiger partial charge on any atom is 0.282 e. The lowest BCUT2D eigenvalue weighted by Crippen LogP contribution is -2.27. The molecule has 0 aliphatic carbocycles. The van der Waals surface area contributed by atoms with Crippen LogP contribution in [0.4, 0.5) is 11.4 Å². The summed E-state index contributed by atoms with van der Waals surface area (Å²) in [5, 5.41) is 13.5. The SMILES string of the molecule is Cn1ccnc1CCNC(=O)c1cc(N)ccc1[N+](=O)[O-]. The molecular weight excluding hydrogens is 274 g/mol. The van der Waals surface area contributed by atoms with Crippen LogP contribution in [0.15, 0.2) is 30.6 Å². The molecule has 3 N–H and O–H groups in total. The molecule has 0 bridgehead atoms. The lowest BCUT2D eigenvalue weighted by Gasteiger charge is -2.06. The maximum atomic E-state index is 12.0. The van der Waals surface area contributed by atoms with Crippen LogP contribution in [0.2, 0.25) is 0 Å². The van der Waals surface area contributed by atoms with E-state index in [4.69, 9.17) is 5.73 Å². The minimum Gasteiger partial charge on any atom is -0.399 e. The third-order valence-electron chi connectivity index (χ3n) is 3.02. The molecule has 0 fully saturated rings. The lowest BCUT2D eigenvalue weighted by molar-refractivity contribution is -0.385. The number of carbonyl (C=O) groups is 1. The number of amides is 1. The van der Waals surface area contributed by atoms with Crippen molar-refractivity contribution in [1.82, 2.24) is 14.9 Å². The average molecular weight is 289 g/mol. The number of rotatable bonds is 5. The lowest BCUT2D eigenvalue weighted by atomic mass is 10.1. The first kappa shape index (κ1) is 14.5. The molecule has 2 aromatic rings. The molecule has 1 aromatic heterocycles. The van der Waals surface area contributed by atoms with Gasteiger partial charge in [0.1, 0.15) is 11.4 Å². The molecule has 0 aliphatic rings. The van der Waals surface area contributed by atoms with Gasteiger partial charge in [-0.25, -0.2) is 4.98 Å². The van der Waals surface area contributed by atoms with Gasteiger partial charge < -0.3 is 15.6 Å². The summed E-state index contributed by atoms with van der Waals surface area (Å²) < 4.78 is 1.84. The number of nitrogen functional groups attached to an aromatic ring is 1. The first-order chi connectivity index (χ1) is 9.99. The van der Waals surface area contributed by atoms with E-state index < -0.39 is 10.8 Å². The summed E-state index contributed by atoms with van der Waals surface area (Å²) in [6, 6.07) is 3.92. The predicted molar refractivity (Wildman–Crippen MR) is 76.8 cm³/mol. The first-order valence-electron chi connectivity index (χ1n) is 6.27. The molecule has 0 saturated carbocycles. The van der Waals surface area contributed by atoms with Gasteiger partial charge in [-0.2, -0.15) is 0 Å². The van der Waals surface area contributed by atoms with Crippen molar-refractivity contribution >= 4 is 17.3 Å². The number of aryl methyl sites for hydroxylation is 1. The quantitative estimate of drug-likeness (QED) is 0.481. The second kappa shape index (κ2) is 6.04. The van der Waals surface area contributed by atoms with Crippen molar-refractivity contribution < 1.29 is 9.72 Å². The number of anilines is 1. The highest BCUT2D eigenvalue weighted by molar-refractivity contribution is 5.99. The third-order valence-corrected chi connectivity index (χ3v) is 3.02. The van der Waals surface area contributed by atoms with Gasteiger partial charge in [0.05, 0.1) is 4.92 Å². The van der Waals surface area contributed by atoms with Crippen LogP contribution in [-0.4, -0.2) is 26.9 Å². The molecule has 21 heavy (non-hydrogen) atoms. The Morgan fingerprint density at radius 1 is 1.52 bits per heavy atom. The highest BCUT2D eigenvalue weighted by Gasteiger charge is 2.20. The first-order valence-corrected chi connectivity index (χ1v) is 6.27. The summed E-state index contributed by atoms with van der Waals surface area (Å²) in [6.45, 7) is 0.329. The summed E-state index contributed by atoms with van der Waals surface area (Å²) >= 11 is 0. The number of imidazole rings is 1. The number of carbonyl (C=O) groups excluding carboxylic acids is 1. The number of hydrogen-bond acceptors (Lipinski definition) is 5. The van der Waals surface area contributed by atoms with E-state index in [9.17, 15) is 14.9 Å². The fourth-order valence-corrected chi connectivity index (χ4v) is 1.92. The second-order valence-corrected chi connectivity index (χ2v) is 4.49. The van der Waals surface area contributed by atoms with E-state index in [1.807, 2.05) is 11.6 Å². The van der Waals surface area contributed by atoms with Gasteiger partial charge in [0, 0.05) is 44.2 Å². The van der Waals surface area contributed by atoms with E-state index in [1.165, 1.54) is 18.2 Å². The van der Waals surface area contributed by atoms with E-state index in [0.29, 0.717) is 18.7 Å². The van der Waals surface area contributed by atoms with Gasteiger partial charge >= 0.3 is 0 Å². The molecule has 8 heteroatoms. The van der Waals surface area contributed by atoms with E-state index in [-0.39, 0.29) is 11.3 Å². The minimum atomic E-state index is -0.604. The number of nitro groups is 1. The van der Waals surface area contributed by atoms with Gasteiger partial charge in [0.15, 0.2) is 0 Å². The zero-order valence-electron chi connectivity index (χ0n) is 11.4. The van der Waals surface area contributed by atoms with Gasteiger partial charge in [-0.3, -0.25) is 14.9 Å². The van der Waals surface area contributed by atoms with Crippen LogP contribution < -0.4 is 11.1 Å². The van der Waals surface area contributed by atoms with E-state index in [2.05, 4.69) is 10.3 Å². The minimum absolute atomic E-state index is 0.0418. The number of nitrogens with zero attached hydrogens (tertiary/aromatic N) is 3. The molecular formula is C13H15N5O3. The van der Waals surface area contributed by atoms with Crippen molar-refractivity contribution in [3.63, 3.8) is 0 Å². The molecule has 2 rings (SSSR count). The Bertz CT molecular complexity index is 680. The van der Waals surface area contributed by atoms with Crippen molar-refractivity contribution in [2.45, 2.75) is 6.42 Å². The molecule has 1 amide bonds. The third kappa shape index (κ3) is 3.35. The van der Waals surface area contributed by atoms with Gasteiger partial charge in [0.2, 0.25) is 0 Å². The Morgan fingerprint density at radius 2 is 2.29 bits per heavy atom. The standard InChI is InChI=1S/C13H15N5O3/c1-17-7-6-15-12(17)4-5-16-13(19)10-8-9(14)2-3-11(10)18(20)21/h2-3,6-8H,4-5,14H2,1H3,(H,16,19). The van der Waals surface area contributed by atoms with Crippen LogP contribution in [0, 0.1) is 10.1 Å². The smallest absolute Gasteiger partial charge is 0.282 e. The molecule has 110 valence electrons. The monoisotopic (exact) mass is 289 g/mol. The van der Waals surface area contributed by atoms with Gasteiger partial charge in [0.25, 0.3) is 11.6 Å². The second-order valence-electron chi connectivity index (χ2n) is 4.49. The van der Waals surface area contributed by atoms with Crippen molar-refractivity contribution in [2.24, 2.45) is 7.05 Å². The van der Waals surface area contributed by atoms with Crippen molar-refractivity contribution in [2.75, 3.05) is 12.3 Å². The highest BCUT2D eigenvalue weighted by atomic mass is 16.6. The molecule has 0 unspecified atom stereocenters. The summed E-state index contributed by atoms with van der Waals surface area (Å²) in [5.41, 5.74) is 5.57. The molecule has 1 heterocycles. The van der Waals surface area contributed by atoms with Crippen LogP contribution in [0.5, 0.6) is 0 Å². The summed E-state index contributed by atoms with van der Waals surface area (Å²) in [4.78, 5) is 26.5. The Morgan fingerprint density at radius 3 is 2.90 bits per heavy atom. The average Bonchev–Trinajstić information content (AvgIpc) is 2.84. The molecule has 0 atom stereocenters. The normalized spacial score (nSPS) is 10.3. The number of hydrogen-bond donors (Lipinski definition) is 2. The fraction of sp³-hybridized carbons (Fsp3) is 0.231. The molecule has 0 saturated heterocycles. The zero-order valence-corrected chi connectivity index (χ0v) is 11.4. The van der Waals surface area contributed by atoms with Crippen molar-refractivity contribution in [3.8, 4) is 0 Å². The van der Waals surface area contributed by atoms with Crippen LogP contribution in [-0.2, 0) is 13.5 Å². The molecule has 0 spiro atoms. The summed E-state index contributed by atoms with van der Waals surface area (Å²) in [6.07, 6.45) is 4.01. The Balaban J connectivity index is 2.05. The molecule has 0 aliphatic heterocycles. The Labute approximate surface area is 120 Å². The van der Waals surface area contributed by atoms with Crippen LogP contribution in [0.1, 0.15) is 16.2 Å². The maximum absolute atomic E-state index is 12.0. The number of aromatic nitrogens is 2. The highest BCUT2D eigenvalue weighted by Crippen LogP contribution is 2.20. The number of nitrogens with one attached hydrogen (secondary N) is 1. The van der Waals surface area contributed by atoms with Crippen LogP contribution in [0.25, 0.3) is 0 Å². The van der Waals surface area contributed by atoms with E-state index >= 15 is 0 Å². The predicted octanol–water partition coefficient (Wildman–Crippen LogP) is 0.883. The van der Waals surface area contributed by atoms with Gasteiger partial charge in [-0.05, 0) is 12.1 Å². The summed E-state index contributed by atoms with van der Waals surface area (Å²) in [7, 11) is 1.85. The van der Waals surface area contributed by atoms with Crippen molar-refractivity contribution in [3.05, 3.63) is 52.1 Å². The fourth-order valence-electron chi connectivity index (χ4n) is 1.92. The molecule has 1 aromatic carbocycles. The zero-order chi connectivity index (χ0) is 15.4. The molecule has 0 radical (unpaired) electrons. The summed E-state index contributed by atoms with van der Waals surface area (Å²) in [5.74, 6) is 0.292. The van der Waals surface area contributed by atoms with E-state index in [0.717, 1.165) is 5.82 Å². The number of benzene rings is 1. The number of nitro benzene ring substituents is 1. The van der Waals surface area contributed by atoms with Crippen LogP contribution >= 0.6 is 0 Å². The van der Waals surface area contributed by atoms with Gasteiger partial charge in [-0.1, -0.05) is 0 Å². The van der Waals surface area contributed by atoms with E-state index in [1.54, 1.807) is 12.4 Å². The molecule has 8 nitrogen and oxygen atoms in total.